The van der Waals surface area contributed by atoms with Crippen molar-refractivity contribution in [2.24, 2.45) is 11.3 Å². The second-order valence-corrected chi connectivity index (χ2v) is 6.14. The van der Waals surface area contributed by atoms with Gasteiger partial charge in [0.15, 0.2) is 0 Å². The van der Waals surface area contributed by atoms with Crippen molar-refractivity contribution < 1.29 is 14.3 Å². The summed E-state index contributed by atoms with van der Waals surface area (Å²) in [7, 11) is 0. The quantitative estimate of drug-likeness (QED) is 0.686. The Balaban J connectivity index is 1.80. The lowest BCUT2D eigenvalue weighted by Gasteiger charge is -2.24. The van der Waals surface area contributed by atoms with E-state index in [9.17, 15) is 9.59 Å². The normalized spacial score (nSPS) is 27.4. The van der Waals surface area contributed by atoms with Crippen LogP contribution in [0.5, 0.6) is 0 Å². The van der Waals surface area contributed by atoms with Crippen LogP contribution in [-0.4, -0.2) is 18.5 Å². The van der Waals surface area contributed by atoms with Gasteiger partial charge < -0.3 is 10.1 Å². The Morgan fingerprint density at radius 1 is 1.43 bits per heavy atom. The summed E-state index contributed by atoms with van der Waals surface area (Å²) in [5.74, 6) is 0.0810. The van der Waals surface area contributed by atoms with Crippen LogP contribution in [-0.2, 0) is 20.7 Å². The van der Waals surface area contributed by atoms with E-state index in [1.807, 2.05) is 24.3 Å². The zero-order valence-electron chi connectivity index (χ0n) is 12.1. The van der Waals surface area contributed by atoms with Gasteiger partial charge in [-0.3, -0.25) is 9.59 Å². The number of fused-ring (bicyclic) bond motifs is 1. The van der Waals surface area contributed by atoms with Gasteiger partial charge >= 0.3 is 5.97 Å². The smallest absolute Gasteiger partial charge is 0.313 e. The van der Waals surface area contributed by atoms with Crippen LogP contribution in [0, 0.1) is 11.3 Å². The van der Waals surface area contributed by atoms with Crippen LogP contribution in [0.3, 0.4) is 0 Å². The molecule has 2 atom stereocenters. The molecule has 4 nitrogen and oxygen atoms in total. The molecule has 1 aliphatic heterocycles. The third kappa shape index (κ3) is 2.46. The predicted molar refractivity (Wildman–Crippen MR) is 79.7 cm³/mol. The molecule has 1 unspecified atom stereocenters. The van der Waals surface area contributed by atoms with Gasteiger partial charge in [-0.15, -0.1) is 0 Å². The van der Waals surface area contributed by atoms with Gasteiger partial charge in [-0.1, -0.05) is 24.3 Å². The molecule has 2 aliphatic rings. The Morgan fingerprint density at radius 2 is 2.14 bits per heavy atom. The maximum atomic E-state index is 12.2. The summed E-state index contributed by atoms with van der Waals surface area (Å²) in [5.41, 5.74) is 2.58. The van der Waals surface area contributed by atoms with Gasteiger partial charge in [0.1, 0.15) is 0 Å². The van der Waals surface area contributed by atoms with Gasteiger partial charge in [0.2, 0.25) is 5.91 Å². The number of hydrogen-bond donors (Lipinski definition) is 1. The van der Waals surface area contributed by atoms with Gasteiger partial charge in [0.05, 0.1) is 12.0 Å². The lowest BCUT2D eigenvalue weighted by molar-refractivity contribution is -0.146. The number of amides is 1. The minimum absolute atomic E-state index is 0.0860. The number of carbonyl (C=O) groups excluding carboxylic acids is 2. The van der Waals surface area contributed by atoms with Crippen molar-refractivity contribution in [3.63, 3.8) is 0 Å². The molecule has 1 saturated heterocycles. The molecule has 0 bridgehead atoms. The van der Waals surface area contributed by atoms with Crippen LogP contribution in [0.25, 0.3) is 0 Å². The number of ether oxygens (including phenoxy) is 1. The molecule has 1 amide bonds. The van der Waals surface area contributed by atoms with E-state index in [-0.39, 0.29) is 17.8 Å². The van der Waals surface area contributed by atoms with Gasteiger partial charge in [-0.2, -0.15) is 0 Å². The molecule has 0 spiro atoms. The maximum absolute atomic E-state index is 12.2. The number of cyclic esters (lactones) is 1. The standard InChI is InChI=1S/C17H19NO3/c1-11-7-14-10-21-16(20)17(14,8-11)9-13-3-5-15(6-4-13)18-12(2)19/h3-6,14H,1,7-10H2,2H3,(H,18,19)/t14?,17-/m0/s1. The summed E-state index contributed by atoms with van der Waals surface area (Å²) in [6.45, 7) is 6.05. The Hall–Kier alpha value is -2.10. The summed E-state index contributed by atoms with van der Waals surface area (Å²) in [4.78, 5) is 23.2. The number of rotatable bonds is 3. The molecule has 1 heterocycles. The van der Waals surface area contributed by atoms with E-state index in [0.29, 0.717) is 13.0 Å². The van der Waals surface area contributed by atoms with E-state index >= 15 is 0 Å². The minimum Gasteiger partial charge on any atom is -0.465 e. The number of carbonyl (C=O) groups is 2. The molecule has 1 aromatic carbocycles. The molecule has 1 aliphatic carbocycles. The summed E-state index contributed by atoms with van der Waals surface area (Å²) in [5, 5.41) is 2.74. The predicted octanol–water partition coefficient (Wildman–Crippen LogP) is 2.70. The molecule has 21 heavy (non-hydrogen) atoms. The van der Waals surface area contributed by atoms with Crippen molar-refractivity contribution in [2.75, 3.05) is 11.9 Å². The van der Waals surface area contributed by atoms with E-state index in [1.165, 1.54) is 6.92 Å². The molecule has 3 rings (SSSR count). The molecule has 1 saturated carbocycles. The fraction of sp³-hybridized carbons (Fsp3) is 0.412. The van der Waals surface area contributed by atoms with Gasteiger partial charge in [-0.05, 0) is 37.0 Å². The molecule has 1 aromatic rings. The van der Waals surface area contributed by atoms with Crippen LogP contribution in [0.4, 0.5) is 5.69 Å². The number of benzene rings is 1. The highest BCUT2D eigenvalue weighted by Gasteiger charge is 2.55. The van der Waals surface area contributed by atoms with E-state index in [2.05, 4.69) is 11.9 Å². The number of esters is 1. The summed E-state index contributed by atoms with van der Waals surface area (Å²) >= 11 is 0. The third-order valence-corrected chi connectivity index (χ3v) is 4.50. The summed E-state index contributed by atoms with van der Waals surface area (Å²) in [6, 6.07) is 7.66. The molecule has 2 fully saturated rings. The van der Waals surface area contributed by atoms with Crippen molar-refractivity contribution in [2.45, 2.75) is 26.2 Å². The lowest BCUT2D eigenvalue weighted by Crippen LogP contribution is -2.31. The molecule has 0 aromatic heterocycles. The molecule has 110 valence electrons. The third-order valence-electron chi connectivity index (χ3n) is 4.50. The van der Waals surface area contributed by atoms with Crippen molar-refractivity contribution in [1.29, 1.82) is 0 Å². The average Bonchev–Trinajstić information content (AvgIpc) is 2.88. The van der Waals surface area contributed by atoms with Crippen molar-refractivity contribution in [3.8, 4) is 0 Å². The van der Waals surface area contributed by atoms with Crippen molar-refractivity contribution in [3.05, 3.63) is 42.0 Å². The summed E-state index contributed by atoms with van der Waals surface area (Å²) < 4.78 is 5.28. The average molecular weight is 285 g/mol. The SMILES string of the molecule is C=C1CC2COC(=O)[C@]2(Cc2ccc(NC(C)=O)cc2)C1. The Bertz CT molecular complexity index is 605. The molecule has 1 N–H and O–H groups in total. The van der Waals surface area contributed by atoms with E-state index in [0.717, 1.165) is 29.7 Å². The first kappa shape index (κ1) is 13.9. The molecular weight excluding hydrogens is 266 g/mol. The van der Waals surface area contributed by atoms with Gasteiger partial charge in [-0.25, -0.2) is 0 Å². The highest BCUT2D eigenvalue weighted by molar-refractivity contribution is 5.88. The first-order chi connectivity index (χ1) is 9.99. The second-order valence-electron chi connectivity index (χ2n) is 6.14. The monoisotopic (exact) mass is 285 g/mol. The highest BCUT2D eigenvalue weighted by atomic mass is 16.5. The van der Waals surface area contributed by atoms with E-state index < -0.39 is 5.41 Å². The van der Waals surface area contributed by atoms with Gasteiger partial charge in [0.25, 0.3) is 0 Å². The fourth-order valence-corrected chi connectivity index (χ4v) is 3.54. The Labute approximate surface area is 124 Å². The number of allylic oxidation sites excluding steroid dienone is 1. The number of hydrogen-bond acceptors (Lipinski definition) is 3. The first-order valence-electron chi connectivity index (χ1n) is 7.20. The summed E-state index contributed by atoms with van der Waals surface area (Å²) in [6.07, 6.45) is 2.29. The van der Waals surface area contributed by atoms with Crippen LogP contribution >= 0.6 is 0 Å². The zero-order valence-corrected chi connectivity index (χ0v) is 12.1. The number of anilines is 1. The minimum atomic E-state index is -0.424. The molecule has 4 heteroatoms. The number of nitrogens with one attached hydrogen (secondary N) is 1. The fourth-order valence-electron chi connectivity index (χ4n) is 3.54. The Kier molecular flexibility index (Phi) is 3.32. The Morgan fingerprint density at radius 3 is 2.81 bits per heavy atom. The molecular formula is C17H19NO3. The first-order valence-corrected chi connectivity index (χ1v) is 7.20. The van der Waals surface area contributed by atoms with Crippen LogP contribution < -0.4 is 5.32 Å². The van der Waals surface area contributed by atoms with Crippen LogP contribution in [0.2, 0.25) is 0 Å². The topological polar surface area (TPSA) is 55.4 Å². The van der Waals surface area contributed by atoms with Gasteiger partial charge in [0, 0.05) is 18.5 Å². The van der Waals surface area contributed by atoms with Crippen LogP contribution in [0.1, 0.15) is 25.3 Å². The lowest BCUT2D eigenvalue weighted by atomic mass is 9.75. The van der Waals surface area contributed by atoms with Crippen molar-refractivity contribution >= 4 is 17.6 Å². The van der Waals surface area contributed by atoms with E-state index in [1.54, 1.807) is 0 Å². The van der Waals surface area contributed by atoms with Crippen LogP contribution in [0.15, 0.2) is 36.4 Å². The maximum Gasteiger partial charge on any atom is 0.313 e. The molecule has 0 radical (unpaired) electrons. The largest absolute Gasteiger partial charge is 0.465 e. The van der Waals surface area contributed by atoms with E-state index in [4.69, 9.17) is 4.74 Å². The highest BCUT2D eigenvalue weighted by Crippen LogP contribution is 2.52. The second kappa shape index (κ2) is 5.02. The zero-order chi connectivity index (χ0) is 15.0. The van der Waals surface area contributed by atoms with Crippen molar-refractivity contribution in [1.82, 2.24) is 0 Å².